The number of para-hydroxylation sites is 1. The summed E-state index contributed by atoms with van der Waals surface area (Å²) in [7, 11) is 0. The molecule has 0 N–H and O–H groups in total. The van der Waals surface area contributed by atoms with Crippen molar-refractivity contribution >= 4 is 54.1 Å². The minimum atomic E-state index is -0.0175. The smallest absolute Gasteiger partial charge is 0.0553 e. The van der Waals surface area contributed by atoms with E-state index >= 15 is 0 Å². The molecule has 1 heteroatoms. The number of fused-ring (bicyclic) bond motifs is 8. The highest BCUT2D eigenvalue weighted by molar-refractivity contribution is 6.36. The van der Waals surface area contributed by atoms with Crippen molar-refractivity contribution in [3.63, 3.8) is 0 Å². The molecule has 8 aromatic carbocycles. The summed E-state index contributed by atoms with van der Waals surface area (Å²) in [5.74, 6) is 0. The number of nitrogens with zero attached hydrogens (tertiary/aromatic N) is 1. The summed E-state index contributed by atoms with van der Waals surface area (Å²) in [6.07, 6.45) is 2.15. The molecule has 0 saturated carbocycles. The average molecular weight is 672 g/mol. The molecule has 0 bridgehead atoms. The molecular formula is C51H45N. The fourth-order valence-electron chi connectivity index (χ4n) is 10.2. The predicted octanol–water partition coefficient (Wildman–Crippen LogP) is 14.3. The lowest BCUT2D eigenvalue weighted by molar-refractivity contribution is 0.494. The molecular weight excluding hydrogens is 627 g/mol. The molecule has 1 aromatic heterocycles. The first-order valence-electron chi connectivity index (χ1n) is 19.1. The zero-order valence-corrected chi connectivity index (χ0v) is 31.4. The molecule has 0 atom stereocenters. The number of hydrogen-bond donors (Lipinski definition) is 0. The van der Waals surface area contributed by atoms with Crippen molar-refractivity contribution in [2.24, 2.45) is 0 Å². The summed E-state index contributed by atoms with van der Waals surface area (Å²) in [6, 6.07) is 47.0. The minimum Gasteiger partial charge on any atom is -0.309 e. The van der Waals surface area contributed by atoms with Crippen LogP contribution in [0.2, 0.25) is 0 Å². The Morgan fingerprint density at radius 1 is 0.538 bits per heavy atom. The molecule has 9 aromatic rings. The maximum atomic E-state index is 2.57. The van der Waals surface area contributed by atoms with Crippen molar-refractivity contribution in [2.45, 2.75) is 72.1 Å². The fourth-order valence-corrected chi connectivity index (χ4v) is 10.2. The highest BCUT2D eigenvalue weighted by atomic mass is 15.0. The third-order valence-corrected chi connectivity index (χ3v) is 12.6. The summed E-state index contributed by atoms with van der Waals surface area (Å²) < 4.78 is 2.51. The minimum absolute atomic E-state index is 0.0175. The standard InChI is InChI=1S/C51H45N/c1-8-51(9-2)43-18-14-13-17-36(43)41-29-40-39(33-24-30(3)23-31(4)25-33)28-42-46-32(19-21-38(48(40)46)49(41)51)26-45-47(42)37-22-20-34(50(5,6)7)27-44(37)52(45)35-15-11-10-12-16-35/h10-29H,8-9H2,1-7H3. The van der Waals surface area contributed by atoms with Crippen molar-refractivity contribution in [2.75, 3.05) is 0 Å². The summed E-state index contributed by atoms with van der Waals surface area (Å²) in [5.41, 5.74) is 16.1. The highest BCUT2D eigenvalue weighted by Gasteiger charge is 2.42. The van der Waals surface area contributed by atoms with E-state index in [2.05, 4.69) is 174 Å². The summed E-state index contributed by atoms with van der Waals surface area (Å²) in [6.45, 7) is 16.2. The Balaban J connectivity index is 1.46. The number of rotatable bonds is 4. The first-order valence-corrected chi connectivity index (χ1v) is 19.1. The summed E-state index contributed by atoms with van der Waals surface area (Å²) in [4.78, 5) is 0. The van der Waals surface area contributed by atoms with Crippen molar-refractivity contribution in [1.29, 1.82) is 0 Å². The van der Waals surface area contributed by atoms with Crippen LogP contribution in [0.3, 0.4) is 0 Å². The van der Waals surface area contributed by atoms with E-state index in [0.717, 1.165) is 12.8 Å². The first-order chi connectivity index (χ1) is 25.1. The fraction of sp³-hybridized carbons (Fsp3) is 0.216. The third kappa shape index (κ3) is 4.11. The molecule has 1 nitrogen and oxygen atoms in total. The van der Waals surface area contributed by atoms with Gasteiger partial charge in [-0.25, -0.2) is 0 Å². The van der Waals surface area contributed by atoms with E-state index in [1.165, 1.54) is 110 Å². The lowest BCUT2D eigenvalue weighted by atomic mass is 9.71. The molecule has 10 rings (SSSR count). The molecule has 1 heterocycles. The van der Waals surface area contributed by atoms with Crippen LogP contribution < -0.4 is 0 Å². The van der Waals surface area contributed by atoms with Gasteiger partial charge in [0.15, 0.2) is 0 Å². The second-order valence-corrected chi connectivity index (χ2v) is 16.5. The Bertz CT molecular complexity index is 2890. The van der Waals surface area contributed by atoms with Gasteiger partial charge in [0.05, 0.1) is 11.0 Å². The average Bonchev–Trinajstić information content (AvgIpc) is 3.62. The molecule has 0 spiro atoms. The zero-order valence-electron chi connectivity index (χ0n) is 31.4. The molecule has 0 radical (unpaired) electrons. The van der Waals surface area contributed by atoms with Gasteiger partial charge in [-0.3, -0.25) is 0 Å². The van der Waals surface area contributed by atoms with Crippen LogP contribution in [0, 0.1) is 13.8 Å². The van der Waals surface area contributed by atoms with E-state index in [1.807, 2.05) is 0 Å². The van der Waals surface area contributed by atoms with E-state index < -0.39 is 0 Å². The Labute approximate surface area is 306 Å². The van der Waals surface area contributed by atoms with Gasteiger partial charge in [0, 0.05) is 21.9 Å². The van der Waals surface area contributed by atoms with Crippen LogP contribution in [0.4, 0.5) is 0 Å². The van der Waals surface area contributed by atoms with Gasteiger partial charge in [0.1, 0.15) is 0 Å². The van der Waals surface area contributed by atoms with Crippen LogP contribution in [-0.4, -0.2) is 4.57 Å². The number of benzene rings is 8. The lowest BCUT2D eigenvalue weighted by Crippen LogP contribution is -2.23. The van der Waals surface area contributed by atoms with Crippen molar-refractivity contribution < 1.29 is 0 Å². The predicted molar refractivity (Wildman–Crippen MR) is 225 cm³/mol. The maximum Gasteiger partial charge on any atom is 0.0553 e. The van der Waals surface area contributed by atoms with E-state index in [4.69, 9.17) is 0 Å². The Kier molecular flexibility index (Phi) is 6.52. The van der Waals surface area contributed by atoms with E-state index in [1.54, 1.807) is 0 Å². The van der Waals surface area contributed by atoms with Crippen LogP contribution in [0.15, 0.2) is 121 Å². The van der Waals surface area contributed by atoms with Gasteiger partial charge in [0.25, 0.3) is 0 Å². The van der Waals surface area contributed by atoms with Gasteiger partial charge in [-0.2, -0.15) is 0 Å². The summed E-state index contributed by atoms with van der Waals surface area (Å²) in [5, 5.41) is 10.9. The number of aryl methyl sites for hydroxylation is 2. The van der Waals surface area contributed by atoms with Crippen molar-refractivity contribution in [3.05, 3.63) is 149 Å². The van der Waals surface area contributed by atoms with E-state index in [9.17, 15) is 0 Å². The van der Waals surface area contributed by atoms with Gasteiger partial charge >= 0.3 is 0 Å². The number of hydrogen-bond acceptors (Lipinski definition) is 0. The van der Waals surface area contributed by atoms with Crippen LogP contribution in [-0.2, 0) is 10.8 Å². The highest BCUT2D eigenvalue weighted by Crippen LogP contribution is 2.58. The molecule has 1 aliphatic rings. The maximum absolute atomic E-state index is 2.57. The SMILES string of the molecule is CCC1(CC)c2ccccc2-c2cc3c(-c4cc(C)cc(C)c4)cc4c5c(ccc(c21)c35)cc1c4c2ccc(C(C)(C)C)cc2n1-c1ccccc1. The second-order valence-electron chi connectivity index (χ2n) is 16.5. The van der Waals surface area contributed by atoms with Gasteiger partial charge in [-0.05, 0) is 140 Å². The molecule has 0 amide bonds. The number of aromatic nitrogens is 1. The van der Waals surface area contributed by atoms with Gasteiger partial charge < -0.3 is 4.57 Å². The monoisotopic (exact) mass is 671 g/mol. The Morgan fingerprint density at radius 2 is 1.23 bits per heavy atom. The molecule has 0 aliphatic heterocycles. The topological polar surface area (TPSA) is 4.93 Å². The second kappa shape index (κ2) is 10.8. The molecule has 0 unspecified atom stereocenters. The molecule has 0 fully saturated rings. The Hall–Kier alpha value is -5.40. The van der Waals surface area contributed by atoms with Crippen LogP contribution in [0.1, 0.15) is 75.3 Å². The van der Waals surface area contributed by atoms with Gasteiger partial charge in [-0.15, -0.1) is 0 Å². The molecule has 52 heavy (non-hydrogen) atoms. The van der Waals surface area contributed by atoms with Gasteiger partial charge in [0.2, 0.25) is 0 Å². The van der Waals surface area contributed by atoms with Gasteiger partial charge in [-0.1, -0.05) is 131 Å². The Morgan fingerprint density at radius 3 is 1.96 bits per heavy atom. The van der Waals surface area contributed by atoms with E-state index in [0.29, 0.717) is 0 Å². The van der Waals surface area contributed by atoms with Crippen LogP contribution in [0.5, 0.6) is 0 Å². The molecule has 1 aliphatic carbocycles. The zero-order chi connectivity index (χ0) is 35.7. The van der Waals surface area contributed by atoms with Crippen LogP contribution >= 0.6 is 0 Å². The normalized spacial score (nSPS) is 14.0. The summed E-state index contributed by atoms with van der Waals surface area (Å²) >= 11 is 0. The largest absolute Gasteiger partial charge is 0.309 e. The van der Waals surface area contributed by atoms with E-state index in [-0.39, 0.29) is 10.8 Å². The van der Waals surface area contributed by atoms with Crippen LogP contribution in [0.25, 0.3) is 82.1 Å². The lowest BCUT2D eigenvalue weighted by Gasteiger charge is -2.31. The third-order valence-electron chi connectivity index (χ3n) is 12.6. The first kappa shape index (κ1) is 31.3. The van der Waals surface area contributed by atoms with Crippen molar-refractivity contribution in [1.82, 2.24) is 4.57 Å². The van der Waals surface area contributed by atoms with Crippen molar-refractivity contribution in [3.8, 4) is 27.9 Å². The molecule has 0 saturated heterocycles. The molecule has 254 valence electrons. The quantitative estimate of drug-likeness (QED) is 0.164.